The first-order chi connectivity index (χ1) is 16.9. The highest BCUT2D eigenvalue weighted by Crippen LogP contribution is 2.27. The largest absolute Gasteiger partial charge is 0.484 e. The third kappa shape index (κ3) is 8.12. The van der Waals surface area contributed by atoms with E-state index in [9.17, 15) is 9.59 Å². The van der Waals surface area contributed by atoms with Gasteiger partial charge in [0.05, 0.1) is 0 Å². The molecule has 3 rings (SSSR count). The lowest BCUT2D eigenvalue weighted by atomic mass is 10.0. The summed E-state index contributed by atoms with van der Waals surface area (Å²) in [5.41, 5.74) is 1.52. The Morgan fingerprint density at radius 1 is 0.971 bits per heavy atom. The summed E-state index contributed by atoms with van der Waals surface area (Å²) in [7, 11) is 0. The summed E-state index contributed by atoms with van der Waals surface area (Å²) in [6.07, 6.45) is 1.12. The summed E-state index contributed by atoms with van der Waals surface area (Å²) >= 11 is 15.1. The number of nitrogens with one attached hydrogen (secondary N) is 1. The van der Waals surface area contributed by atoms with Gasteiger partial charge in [0.15, 0.2) is 6.61 Å². The molecule has 1 N–H and O–H groups in total. The first-order valence-electron chi connectivity index (χ1n) is 11.3. The van der Waals surface area contributed by atoms with Crippen LogP contribution in [0.2, 0.25) is 10.0 Å². The van der Waals surface area contributed by atoms with Crippen LogP contribution in [0.15, 0.2) is 72.8 Å². The monoisotopic (exact) mass is 624 g/mol. The van der Waals surface area contributed by atoms with Gasteiger partial charge in [0.25, 0.3) is 5.91 Å². The van der Waals surface area contributed by atoms with Gasteiger partial charge in [-0.25, -0.2) is 0 Å². The first-order valence-corrected chi connectivity index (χ1v) is 13.1. The number of benzene rings is 3. The Morgan fingerprint density at radius 3 is 2.26 bits per heavy atom. The molecule has 0 saturated heterocycles. The fraction of sp³-hybridized carbons (Fsp3) is 0.259. The lowest BCUT2D eigenvalue weighted by molar-refractivity contribution is -0.142. The number of hydrogen-bond acceptors (Lipinski definition) is 3. The van der Waals surface area contributed by atoms with E-state index in [1.54, 1.807) is 30.3 Å². The molecule has 184 valence electrons. The van der Waals surface area contributed by atoms with Gasteiger partial charge in [-0.05, 0) is 71.0 Å². The number of amides is 2. The van der Waals surface area contributed by atoms with Crippen LogP contribution in [-0.2, 0) is 22.6 Å². The summed E-state index contributed by atoms with van der Waals surface area (Å²) in [6.45, 7) is 2.34. The molecular formula is C27H27Cl2IN2O3. The maximum atomic E-state index is 13.6. The second kappa shape index (κ2) is 13.7. The Morgan fingerprint density at radius 2 is 1.63 bits per heavy atom. The minimum atomic E-state index is -0.774. The van der Waals surface area contributed by atoms with Crippen LogP contribution in [-0.4, -0.2) is 35.9 Å². The second-order valence-corrected chi connectivity index (χ2v) is 10.0. The Kier molecular flexibility index (Phi) is 10.7. The van der Waals surface area contributed by atoms with E-state index in [1.165, 1.54) is 4.90 Å². The van der Waals surface area contributed by atoms with Gasteiger partial charge in [-0.1, -0.05) is 66.5 Å². The van der Waals surface area contributed by atoms with Crippen molar-refractivity contribution >= 4 is 57.6 Å². The molecule has 0 saturated carbocycles. The zero-order chi connectivity index (χ0) is 25.2. The number of ether oxygens (including phenoxy) is 1. The number of nitrogens with zero attached hydrogens (tertiary/aromatic N) is 1. The standard InChI is InChI=1S/C27H27Cl2IN2O3/c1-2-15-31-27(34)25(16-19-7-4-3-5-8-19)32(17-22-23(28)9-6-10-24(22)29)26(33)18-35-21-13-11-20(30)12-14-21/h3-14,25H,2,15-18H2,1H3,(H,31,34)/t25-/m0/s1. The van der Waals surface area contributed by atoms with Crippen molar-refractivity contribution in [1.82, 2.24) is 10.2 Å². The molecule has 1 atom stereocenters. The third-order valence-electron chi connectivity index (χ3n) is 5.39. The minimum Gasteiger partial charge on any atom is -0.484 e. The maximum absolute atomic E-state index is 13.6. The van der Waals surface area contributed by atoms with E-state index >= 15 is 0 Å². The molecular weight excluding hydrogens is 598 g/mol. The lowest BCUT2D eigenvalue weighted by Gasteiger charge is -2.32. The van der Waals surface area contributed by atoms with Gasteiger partial charge in [-0.15, -0.1) is 0 Å². The molecule has 2 amide bonds. The predicted octanol–water partition coefficient (Wildman–Crippen LogP) is 6.14. The van der Waals surface area contributed by atoms with Crippen LogP contribution >= 0.6 is 45.8 Å². The fourth-order valence-corrected chi connectivity index (χ4v) is 4.41. The van der Waals surface area contributed by atoms with Crippen molar-refractivity contribution in [1.29, 1.82) is 0 Å². The fourth-order valence-electron chi connectivity index (χ4n) is 3.53. The van der Waals surface area contributed by atoms with Gasteiger partial charge in [0.2, 0.25) is 5.91 Å². The van der Waals surface area contributed by atoms with E-state index in [4.69, 9.17) is 27.9 Å². The summed E-state index contributed by atoms with van der Waals surface area (Å²) in [6, 6.07) is 21.4. The highest BCUT2D eigenvalue weighted by Gasteiger charge is 2.31. The average molecular weight is 625 g/mol. The van der Waals surface area contributed by atoms with Crippen molar-refractivity contribution in [3.05, 3.63) is 97.5 Å². The molecule has 0 aromatic heterocycles. The molecule has 0 spiro atoms. The lowest BCUT2D eigenvalue weighted by Crippen LogP contribution is -2.51. The SMILES string of the molecule is CCCNC(=O)[C@H](Cc1ccccc1)N(Cc1c(Cl)cccc1Cl)C(=O)COc1ccc(I)cc1. The van der Waals surface area contributed by atoms with E-state index in [2.05, 4.69) is 27.9 Å². The van der Waals surface area contributed by atoms with Gasteiger partial charge >= 0.3 is 0 Å². The summed E-state index contributed by atoms with van der Waals surface area (Å²) in [5, 5.41) is 3.81. The van der Waals surface area contributed by atoms with Crippen molar-refractivity contribution in [2.45, 2.75) is 32.4 Å². The van der Waals surface area contributed by atoms with Crippen LogP contribution < -0.4 is 10.1 Å². The highest BCUT2D eigenvalue weighted by atomic mass is 127. The molecule has 3 aromatic carbocycles. The molecule has 0 aliphatic rings. The molecule has 0 aliphatic carbocycles. The quantitative estimate of drug-likeness (QED) is 0.261. The molecule has 0 radical (unpaired) electrons. The number of carbonyl (C=O) groups is 2. The van der Waals surface area contributed by atoms with E-state index < -0.39 is 6.04 Å². The van der Waals surface area contributed by atoms with Gasteiger partial charge < -0.3 is 15.0 Å². The average Bonchev–Trinajstić information content (AvgIpc) is 2.86. The molecule has 0 unspecified atom stereocenters. The van der Waals surface area contributed by atoms with Gasteiger partial charge in [0.1, 0.15) is 11.8 Å². The molecule has 5 nitrogen and oxygen atoms in total. The van der Waals surface area contributed by atoms with E-state index in [0.717, 1.165) is 15.6 Å². The number of rotatable bonds is 11. The van der Waals surface area contributed by atoms with E-state index in [0.29, 0.717) is 34.3 Å². The van der Waals surface area contributed by atoms with Crippen molar-refractivity contribution < 1.29 is 14.3 Å². The summed E-state index contributed by atoms with van der Waals surface area (Å²) in [5.74, 6) is -0.00172. The van der Waals surface area contributed by atoms with Crippen molar-refractivity contribution in [2.24, 2.45) is 0 Å². The smallest absolute Gasteiger partial charge is 0.261 e. The van der Waals surface area contributed by atoms with Crippen LogP contribution in [0, 0.1) is 3.57 Å². The number of hydrogen-bond donors (Lipinski definition) is 1. The molecule has 8 heteroatoms. The molecule has 3 aromatic rings. The second-order valence-electron chi connectivity index (χ2n) is 7.96. The van der Waals surface area contributed by atoms with Crippen LogP contribution in [0.25, 0.3) is 0 Å². The Balaban J connectivity index is 1.93. The van der Waals surface area contributed by atoms with Gasteiger partial charge in [-0.2, -0.15) is 0 Å². The van der Waals surface area contributed by atoms with Crippen molar-refractivity contribution in [3.8, 4) is 5.75 Å². The summed E-state index contributed by atoms with van der Waals surface area (Å²) < 4.78 is 6.83. The van der Waals surface area contributed by atoms with E-state index in [-0.39, 0.29) is 25.0 Å². The maximum Gasteiger partial charge on any atom is 0.261 e. The van der Waals surface area contributed by atoms with Gasteiger partial charge in [0, 0.05) is 38.7 Å². The van der Waals surface area contributed by atoms with Crippen LogP contribution in [0.1, 0.15) is 24.5 Å². The molecule has 0 aliphatic heterocycles. The highest BCUT2D eigenvalue weighted by molar-refractivity contribution is 14.1. The van der Waals surface area contributed by atoms with E-state index in [1.807, 2.05) is 49.4 Å². The van der Waals surface area contributed by atoms with Gasteiger partial charge in [-0.3, -0.25) is 9.59 Å². The zero-order valence-electron chi connectivity index (χ0n) is 19.3. The Labute approximate surface area is 229 Å². The molecule has 35 heavy (non-hydrogen) atoms. The number of carbonyl (C=O) groups excluding carboxylic acids is 2. The normalized spacial score (nSPS) is 11.5. The van der Waals surface area contributed by atoms with Crippen molar-refractivity contribution in [3.63, 3.8) is 0 Å². The number of halogens is 3. The minimum absolute atomic E-state index is 0.0738. The Hall–Kier alpha value is -2.29. The topological polar surface area (TPSA) is 58.6 Å². The Bertz CT molecular complexity index is 1110. The molecule has 0 fully saturated rings. The molecule has 0 heterocycles. The molecule has 0 bridgehead atoms. The van der Waals surface area contributed by atoms with Crippen molar-refractivity contribution in [2.75, 3.05) is 13.2 Å². The van der Waals surface area contributed by atoms with Crippen LogP contribution in [0.3, 0.4) is 0 Å². The zero-order valence-corrected chi connectivity index (χ0v) is 23.0. The van der Waals surface area contributed by atoms with Crippen LogP contribution in [0.4, 0.5) is 0 Å². The van der Waals surface area contributed by atoms with Crippen LogP contribution in [0.5, 0.6) is 5.75 Å². The summed E-state index contributed by atoms with van der Waals surface area (Å²) in [4.78, 5) is 28.4. The third-order valence-corrected chi connectivity index (χ3v) is 6.81. The predicted molar refractivity (Wildman–Crippen MR) is 149 cm³/mol. The first kappa shape index (κ1) is 27.3.